The summed E-state index contributed by atoms with van der Waals surface area (Å²) >= 11 is 0. The van der Waals surface area contributed by atoms with Crippen molar-refractivity contribution in [2.75, 3.05) is 19.0 Å². The molecule has 0 aliphatic carbocycles. The molecule has 0 aromatic carbocycles. The van der Waals surface area contributed by atoms with Gasteiger partial charge >= 0.3 is 7.60 Å². The van der Waals surface area contributed by atoms with Crippen LogP contribution in [0, 0.1) is 0 Å². The molecule has 2 unspecified atom stereocenters. The van der Waals surface area contributed by atoms with Crippen molar-refractivity contribution in [2.45, 2.75) is 24.5 Å². The van der Waals surface area contributed by atoms with E-state index in [4.69, 9.17) is 10.5 Å². The van der Waals surface area contributed by atoms with E-state index in [9.17, 15) is 19.7 Å². The molecule has 11 nitrogen and oxygen atoms in total. The summed E-state index contributed by atoms with van der Waals surface area (Å²) in [5.41, 5.74) is 6.33. The van der Waals surface area contributed by atoms with Crippen LogP contribution in [0.15, 0.2) is 12.7 Å². The summed E-state index contributed by atoms with van der Waals surface area (Å²) in [7, 11) is -2.83. The van der Waals surface area contributed by atoms with E-state index in [1.807, 2.05) is 0 Å². The van der Waals surface area contributed by atoms with Gasteiger partial charge < -0.3 is 30.1 Å². The maximum Gasteiger partial charge on any atom is 0.330 e. The van der Waals surface area contributed by atoms with Gasteiger partial charge in [-0.15, -0.1) is 0 Å². The third kappa shape index (κ3) is 2.82. The first-order valence-corrected chi connectivity index (χ1v) is 8.42. The van der Waals surface area contributed by atoms with Crippen molar-refractivity contribution in [3.05, 3.63) is 12.7 Å². The van der Waals surface area contributed by atoms with Gasteiger partial charge in [0.2, 0.25) is 0 Å². The van der Waals surface area contributed by atoms with Crippen LogP contribution in [-0.2, 0) is 13.8 Å². The first-order valence-electron chi connectivity index (χ1n) is 6.66. The van der Waals surface area contributed by atoms with Crippen LogP contribution >= 0.6 is 7.60 Å². The van der Waals surface area contributed by atoms with E-state index in [2.05, 4.69) is 19.5 Å². The van der Waals surface area contributed by atoms with Crippen LogP contribution < -0.4 is 5.73 Å². The number of imidazole rings is 1. The zero-order valence-electron chi connectivity index (χ0n) is 12.1. The number of nitrogens with two attached hydrogens (primary N) is 1. The van der Waals surface area contributed by atoms with Crippen molar-refractivity contribution in [1.29, 1.82) is 0 Å². The Labute approximate surface area is 130 Å². The Bertz CT molecular complexity index is 768. The lowest BCUT2D eigenvalue weighted by Crippen LogP contribution is -2.33. The largest absolute Gasteiger partial charge is 0.387 e. The standard InChI is InChI=1S/C11H16N5O6P/c1-21-23(19,20)2-5-7(17)8(18)11(22-5)16-4-15-6-9(12)13-3-14-10(6)16/h3-5,7-8,11,17-18H,2H2,1H3,(H,19,20)(H2,12,13,14)/t5-,7-,8-,11?/m1/s1. The monoisotopic (exact) mass is 345 g/mol. The molecule has 23 heavy (non-hydrogen) atoms. The van der Waals surface area contributed by atoms with E-state index in [0.29, 0.717) is 11.2 Å². The average Bonchev–Trinajstić information content (AvgIpc) is 3.05. The number of nitrogens with zero attached hydrogens (tertiary/aromatic N) is 4. The van der Waals surface area contributed by atoms with E-state index in [0.717, 1.165) is 7.11 Å². The molecule has 1 aliphatic heterocycles. The molecule has 3 rings (SSSR count). The van der Waals surface area contributed by atoms with Crippen LogP contribution in [-0.4, -0.2) is 66.2 Å². The molecule has 126 valence electrons. The number of aromatic nitrogens is 4. The van der Waals surface area contributed by atoms with Gasteiger partial charge in [0.15, 0.2) is 17.7 Å². The van der Waals surface area contributed by atoms with Crippen LogP contribution in [0.25, 0.3) is 11.2 Å². The Balaban J connectivity index is 1.91. The highest BCUT2D eigenvalue weighted by molar-refractivity contribution is 7.52. The van der Waals surface area contributed by atoms with Gasteiger partial charge in [-0.2, -0.15) is 0 Å². The number of anilines is 1. The van der Waals surface area contributed by atoms with E-state index < -0.39 is 38.3 Å². The molecule has 12 heteroatoms. The molecule has 0 spiro atoms. The van der Waals surface area contributed by atoms with Gasteiger partial charge in [0, 0.05) is 7.11 Å². The van der Waals surface area contributed by atoms with E-state index in [1.54, 1.807) is 0 Å². The van der Waals surface area contributed by atoms with Crippen molar-refractivity contribution in [3.8, 4) is 0 Å². The number of hydrogen-bond acceptors (Lipinski definition) is 9. The van der Waals surface area contributed by atoms with Crippen LogP contribution in [0.1, 0.15) is 6.23 Å². The van der Waals surface area contributed by atoms with Crippen LogP contribution in [0.2, 0.25) is 0 Å². The minimum absolute atomic E-state index is 0.164. The second kappa shape index (κ2) is 5.78. The molecule has 1 fully saturated rings. The molecule has 5 N–H and O–H groups in total. The molecular weight excluding hydrogens is 329 g/mol. The maximum atomic E-state index is 11.6. The van der Waals surface area contributed by atoms with E-state index >= 15 is 0 Å². The summed E-state index contributed by atoms with van der Waals surface area (Å²) in [6.07, 6.45) is -2.71. The molecule has 0 radical (unpaired) electrons. The first kappa shape index (κ1) is 16.2. The van der Waals surface area contributed by atoms with E-state index in [-0.39, 0.29) is 5.82 Å². The second-order valence-electron chi connectivity index (χ2n) is 5.13. The topological polar surface area (TPSA) is 166 Å². The Morgan fingerprint density at radius 1 is 1.39 bits per heavy atom. The Morgan fingerprint density at radius 3 is 2.83 bits per heavy atom. The second-order valence-corrected chi connectivity index (χ2v) is 7.14. The van der Waals surface area contributed by atoms with Crippen LogP contribution in [0.5, 0.6) is 0 Å². The minimum Gasteiger partial charge on any atom is -0.387 e. The summed E-state index contributed by atoms with van der Waals surface area (Å²) in [6, 6.07) is 0. The summed E-state index contributed by atoms with van der Waals surface area (Å²) < 4.78 is 23.0. The molecule has 0 amide bonds. The molecule has 5 atom stereocenters. The van der Waals surface area contributed by atoms with Gasteiger partial charge in [-0.3, -0.25) is 9.13 Å². The lowest BCUT2D eigenvalue weighted by molar-refractivity contribution is -0.0301. The first-order chi connectivity index (χ1) is 10.8. The molecule has 1 saturated heterocycles. The number of hydrogen-bond donors (Lipinski definition) is 4. The highest BCUT2D eigenvalue weighted by Gasteiger charge is 2.46. The predicted octanol–water partition coefficient (Wildman–Crippen LogP) is -1.14. The number of nitrogen functional groups attached to an aromatic ring is 1. The normalized spacial score (nSPS) is 30.6. The number of rotatable bonds is 4. The van der Waals surface area contributed by atoms with Crippen molar-refractivity contribution in [3.63, 3.8) is 0 Å². The molecule has 2 aromatic rings. The Kier molecular flexibility index (Phi) is 4.08. The SMILES string of the molecule is COP(=O)(O)C[C@H]1OC(n2cnc3c(N)ncnc32)[C@H](O)[C@@H]1O. The zero-order valence-corrected chi connectivity index (χ0v) is 12.9. The average molecular weight is 345 g/mol. The fraction of sp³-hybridized carbons (Fsp3) is 0.545. The van der Waals surface area contributed by atoms with Gasteiger partial charge in [-0.05, 0) is 0 Å². The van der Waals surface area contributed by atoms with Gasteiger partial charge in [0.25, 0.3) is 0 Å². The van der Waals surface area contributed by atoms with Gasteiger partial charge in [0.05, 0.1) is 12.5 Å². The van der Waals surface area contributed by atoms with Crippen LogP contribution in [0.3, 0.4) is 0 Å². The highest BCUT2D eigenvalue weighted by atomic mass is 31.2. The highest BCUT2D eigenvalue weighted by Crippen LogP contribution is 2.45. The summed E-state index contributed by atoms with van der Waals surface area (Å²) in [6.45, 7) is 0. The number of ether oxygens (including phenoxy) is 1. The quantitative estimate of drug-likeness (QED) is 0.497. The Morgan fingerprint density at radius 2 is 2.13 bits per heavy atom. The zero-order chi connectivity index (χ0) is 16.8. The third-order valence-electron chi connectivity index (χ3n) is 3.69. The molecule has 3 heterocycles. The molecule has 1 aliphatic rings. The maximum absolute atomic E-state index is 11.6. The van der Waals surface area contributed by atoms with Crippen LogP contribution in [0.4, 0.5) is 5.82 Å². The van der Waals surface area contributed by atoms with Crippen molar-refractivity contribution < 1.29 is 28.9 Å². The van der Waals surface area contributed by atoms with Crippen molar-refractivity contribution in [1.82, 2.24) is 19.5 Å². The van der Waals surface area contributed by atoms with Crippen molar-refractivity contribution in [2.24, 2.45) is 0 Å². The third-order valence-corrected chi connectivity index (χ3v) is 5.09. The van der Waals surface area contributed by atoms with E-state index in [1.165, 1.54) is 17.2 Å². The fourth-order valence-electron chi connectivity index (χ4n) is 2.47. The lowest BCUT2D eigenvalue weighted by Gasteiger charge is -2.17. The smallest absolute Gasteiger partial charge is 0.330 e. The lowest BCUT2D eigenvalue weighted by atomic mass is 10.1. The summed E-state index contributed by atoms with van der Waals surface area (Å²) in [5.74, 6) is 0.164. The van der Waals surface area contributed by atoms with Crippen molar-refractivity contribution >= 4 is 24.6 Å². The molecule has 2 aromatic heterocycles. The summed E-state index contributed by atoms with van der Waals surface area (Å²) in [5, 5.41) is 20.2. The molecule has 0 saturated carbocycles. The summed E-state index contributed by atoms with van der Waals surface area (Å²) in [4.78, 5) is 21.4. The number of aliphatic hydroxyl groups excluding tert-OH is 2. The predicted molar refractivity (Wildman–Crippen MR) is 77.4 cm³/mol. The number of fused-ring (bicyclic) bond motifs is 1. The fourth-order valence-corrected chi connectivity index (χ4v) is 3.37. The van der Waals surface area contributed by atoms with Gasteiger partial charge in [0.1, 0.15) is 30.2 Å². The minimum atomic E-state index is -3.91. The number of aliphatic hydroxyl groups is 2. The van der Waals surface area contributed by atoms with Gasteiger partial charge in [-0.25, -0.2) is 15.0 Å². The molecular formula is C11H16N5O6P. The van der Waals surface area contributed by atoms with Gasteiger partial charge in [-0.1, -0.05) is 0 Å². The Hall–Kier alpha value is -1.62. The molecule has 0 bridgehead atoms.